The van der Waals surface area contributed by atoms with Gasteiger partial charge in [0.25, 0.3) is 0 Å². The Bertz CT molecular complexity index is 1060. The molecule has 8 heteroatoms. The number of halogens is 2. The van der Waals surface area contributed by atoms with E-state index in [0.29, 0.717) is 34.1 Å². The van der Waals surface area contributed by atoms with Crippen molar-refractivity contribution >= 4 is 38.9 Å². The first-order valence-electron chi connectivity index (χ1n) is 8.67. The normalized spacial score (nSPS) is 16.4. The lowest BCUT2D eigenvalue weighted by Crippen LogP contribution is -2.42. The van der Waals surface area contributed by atoms with Crippen LogP contribution in [0.2, 0.25) is 10.0 Å². The summed E-state index contributed by atoms with van der Waals surface area (Å²) in [7, 11) is -3.64. The Kier molecular flexibility index (Phi) is 5.99. The van der Waals surface area contributed by atoms with Crippen molar-refractivity contribution in [3.8, 4) is 6.07 Å². The zero-order chi connectivity index (χ0) is 20.5. The van der Waals surface area contributed by atoms with Crippen LogP contribution in [0.15, 0.2) is 36.4 Å². The maximum Gasteiger partial charge on any atom is 0.238 e. The average Bonchev–Trinajstić information content (AvgIpc) is 2.63. The van der Waals surface area contributed by atoms with Gasteiger partial charge in [0.1, 0.15) is 5.75 Å². The molecule has 3 rings (SSSR count). The van der Waals surface area contributed by atoms with Crippen LogP contribution in [-0.2, 0) is 26.8 Å². The minimum absolute atomic E-state index is 0.245. The SMILES string of the molecule is CC1c2cc(Cl)c(Cl)cc2CCN1C(=O)CS(=O)(=O)Cc1ccc(C#N)cc1. The summed E-state index contributed by atoms with van der Waals surface area (Å²) < 4.78 is 25.0. The van der Waals surface area contributed by atoms with Gasteiger partial charge in [-0.15, -0.1) is 0 Å². The molecule has 0 radical (unpaired) electrons. The van der Waals surface area contributed by atoms with Crippen LogP contribution in [0.4, 0.5) is 0 Å². The molecular formula is C20H18Cl2N2O3S. The minimum Gasteiger partial charge on any atom is -0.335 e. The number of nitriles is 1. The molecular weight excluding hydrogens is 419 g/mol. The number of hydrogen-bond acceptors (Lipinski definition) is 4. The van der Waals surface area contributed by atoms with E-state index in [0.717, 1.165) is 11.1 Å². The summed E-state index contributed by atoms with van der Waals surface area (Å²) in [5.74, 6) is -1.24. The second-order valence-electron chi connectivity index (χ2n) is 6.82. The fraction of sp³-hybridized carbons (Fsp3) is 0.300. The smallest absolute Gasteiger partial charge is 0.238 e. The van der Waals surface area contributed by atoms with Crippen molar-refractivity contribution < 1.29 is 13.2 Å². The van der Waals surface area contributed by atoms with Gasteiger partial charge in [0.2, 0.25) is 5.91 Å². The standard InChI is InChI=1S/C20H18Cl2N2O3S/c1-13-17-9-19(22)18(21)8-16(17)6-7-24(13)20(25)12-28(26,27)11-15-4-2-14(10-23)3-5-15/h2-5,8-9,13H,6-7,11-12H2,1H3. The quantitative estimate of drug-likeness (QED) is 0.726. The summed E-state index contributed by atoms with van der Waals surface area (Å²) in [6.07, 6.45) is 0.595. The zero-order valence-corrected chi connectivity index (χ0v) is 17.5. The molecule has 2 aromatic carbocycles. The predicted octanol–water partition coefficient (Wildman–Crippen LogP) is 3.93. The van der Waals surface area contributed by atoms with Crippen LogP contribution < -0.4 is 0 Å². The molecule has 146 valence electrons. The number of rotatable bonds is 4. The third-order valence-electron chi connectivity index (χ3n) is 4.86. The lowest BCUT2D eigenvalue weighted by molar-refractivity contribution is -0.130. The van der Waals surface area contributed by atoms with Crippen LogP contribution >= 0.6 is 23.2 Å². The van der Waals surface area contributed by atoms with E-state index in [-0.39, 0.29) is 11.8 Å². The lowest BCUT2D eigenvalue weighted by Gasteiger charge is -2.35. The van der Waals surface area contributed by atoms with E-state index in [1.54, 1.807) is 41.3 Å². The summed E-state index contributed by atoms with van der Waals surface area (Å²) in [5, 5.41) is 9.70. The maximum absolute atomic E-state index is 12.7. The van der Waals surface area contributed by atoms with E-state index >= 15 is 0 Å². The molecule has 0 N–H and O–H groups in total. The van der Waals surface area contributed by atoms with Crippen LogP contribution in [0.25, 0.3) is 0 Å². The molecule has 0 aliphatic carbocycles. The molecule has 0 saturated heterocycles. The van der Waals surface area contributed by atoms with Gasteiger partial charge in [-0.2, -0.15) is 5.26 Å². The van der Waals surface area contributed by atoms with Gasteiger partial charge >= 0.3 is 0 Å². The summed E-state index contributed by atoms with van der Waals surface area (Å²) in [4.78, 5) is 14.3. The van der Waals surface area contributed by atoms with Crippen molar-refractivity contribution in [2.45, 2.75) is 25.1 Å². The third kappa shape index (κ3) is 4.49. The van der Waals surface area contributed by atoms with Gasteiger partial charge in [-0.3, -0.25) is 4.79 Å². The molecule has 2 aromatic rings. The molecule has 0 bridgehead atoms. The first-order chi connectivity index (χ1) is 13.2. The number of hydrogen-bond donors (Lipinski definition) is 0. The molecule has 0 fully saturated rings. The van der Waals surface area contributed by atoms with Crippen molar-refractivity contribution in [3.63, 3.8) is 0 Å². The summed E-state index contributed by atoms with van der Waals surface area (Å²) in [6, 6.07) is 11.6. The lowest BCUT2D eigenvalue weighted by atomic mass is 9.93. The van der Waals surface area contributed by atoms with Gasteiger partial charge in [-0.25, -0.2) is 8.42 Å². The molecule has 1 atom stereocenters. The fourth-order valence-electron chi connectivity index (χ4n) is 3.40. The second-order valence-corrected chi connectivity index (χ2v) is 9.70. The van der Waals surface area contributed by atoms with Crippen molar-refractivity contribution in [1.82, 2.24) is 4.90 Å². The number of carbonyl (C=O) groups is 1. The average molecular weight is 437 g/mol. The highest BCUT2D eigenvalue weighted by atomic mass is 35.5. The third-order valence-corrected chi connectivity index (χ3v) is 7.04. The number of fused-ring (bicyclic) bond motifs is 1. The highest BCUT2D eigenvalue weighted by Gasteiger charge is 2.31. The van der Waals surface area contributed by atoms with E-state index in [9.17, 15) is 13.2 Å². The highest BCUT2D eigenvalue weighted by Crippen LogP contribution is 2.35. The zero-order valence-electron chi connectivity index (χ0n) is 15.2. The Hall–Kier alpha value is -2.07. The molecule has 1 aliphatic heterocycles. The Morgan fingerprint density at radius 3 is 2.50 bits per heavy atom. The maximum atomic E-state index is 12.7. The van der Waals surface area contributed by atoms with Gasteiger partial charge in [-0.05, 0) is 54.3 Å². The largest absolute Gasteiger partial charge is 0.335 e. The van der Waals surface area contributed by atoms with Crippen molar-refractivity contribution in [2.75, 3.05) is 12.3 Å². The number of carbonyl (C=O) groups excluding carboxylic acids is 1. The van der Waals surface area contributed by atoms with Gasteiger partial charge in [0, 0.05) is 6.54 Å². The molecule has 1 amide bonds. The molecule has 1 aliphatic rings. The van der Waals surface area contributed by atoms with Crippen LogP contribution in [-0.4, -0.2) is 31.5 Å². The Morgan fingerprint density at radius 1 is 1.21 bits per heavy atom. The molecule has 0 aromatic heterocycles. The van der Waals surface area contributed by atoms with Crippen LogP contribution in [0.1, 0.15) is 35.2 Å². The monoisotopic (exact) mass is 436 g/mol. The van der Waals surface area contributed by atoms with Crippen LogP contribution in [0.3, 0.4) is 0 Å². The Morgan fingerprint density at radius 2 is 1.86 bits per heavy atom. The van der Waals surface area contributed by atoms with Crippen LogP contribution in [0.5, 0.6) is 0 Å². The van der Waals surface area contributed by atoms with E-state index in [1.807, 2.05) is 13.0 Å². The van der Waals surface area contributed by atoms with Gasteiger partial charge in [0.15, 0.2) is 9.84 Å². The first kappa shape index (κ1) is 20.7. The molecule has 1 unspecified atom stereocenters. The van der Waals surface area contributed by atoms with Gasteiger partial charge in [0.05, 0.1) is 33.5 Å². The van der Waals surface area contributed by atoms with E-state index in [1.165, 1.54) is 0 Å². The molecule has 28 heavy (non-hydrogen) atoms. The number of sulfone groups is 1. The number of nitrogens with zero attached hydrogens (tertiary/aromatic N) is 2. The molecule has 0 saturated carbocycles. The van der Waals surface area contributed by atoms with Gasteiger partial charge < -0.3 is 4.90 Å². The summed E-state index contributed by atoms with van der Waals surface area (Å²) >= 11 is 12.2. The van der Waals surface area contributed by atoms with E-state index in [2.05, 4.69) is 0 Å². The van der Waals surface area contributed by atoms with Gasteiger partial charge in [-0.1, -0.05) is 35.3 Å². The predicted molar refractivity (Wildman–Crippen MR) is 109 cm³/mol. The minimum atomic E-state index is -3.64. The molecule has 5 nitrogen and oxygen atoms in total. The number of benzene rings is 2. The molecule has 1 heterocycles. The van der Waals surface area contributed by atoms with E-state index < -0.39 is 21.5 Å². The van der Waals surface area contributed by atoms with Crippen molar-refractivity contribution in [1.29, 1.82) is 5.26 Å². The number of amides is 1. The summed E-state index contributed by atoms with van der Waals surface area (Å²) in [6.45, 7) is 2.28. The van der Waals surface area contributed by atoms with Crippen molar-refractivity contribution in [2.24, 2.45) is 0 Å². The summed E-state index contributed by atoms with van der Waals surface area (Å²) in [5.41, 5.74) is 2.91. The highest BCUT2D eigenvalue weighted by molar-refractivity contribution is 7.91. The van der Waals surface area contributed by atoms with Crippen molar-refractivity contribution in [3.05, 3.63) is 68.7 Å². The van der Waals surface area contributed by atoms with E-state index in [4.69, 9.17) is 28.5 Å². The Balaban J connectivity index is 1.73. The Labute approximate surface area is 174 Å². The molecule has 0 spiro atoms. The first-order valence-corrected chi connectivity index (χ1v) is 11.2. The topological polar surface area (TPSA) is 78.2 Å². The second kappa shape index (κ2) is 8.12. The fourth-order valence-corrected chi connectivity index (χ4v) is 5.11. The van der Waals surface area contributed by atoms with Crippen LogP contribution in [0, 0.1) is 11.3 Å².